The third-order valence-corrected chi connectivity index (χ3v) is 83.5. The van der Waals surface area contributed by atoms with Gasteiger partial charge in [-0.05, 0) is 0 Å². The van der Waals surface area contributed by atoms with E-state index in [1.807, 2.05) is 0 Å². The van der Waals surface area contributed by atoms with Crippen molar-refractivity contribution in [1.82, 2.24) is 0 Å². The molecular formula is C21H56Si4Sn. The Hall–Kier alpha value is 1.67. The van der Waals surface area contributed by atoms with Crippen molar-refractivity contribution in [1.29, 1.82) is 0 Å². The van der Waals surface area contributed by atoms with Crippen LogP contribution in [0.1, 0.15) is 59.3 Å². The Morgan fingerprint density at radius 2 is 0.731 bits per heavy atom. The van der Waals surface area contributed by atoms with Crippen LogP contribution in [-0.4, -0.2) is 49.9 Å². The second-order valence-corrected chi connectivity index (χ2v) is 62.8. The molecule has 0 aromatic carbocycles. The summed E-state index contributed by atoms with van der Waals surface area (Å²) in [5.41, 5.74) is 0. The third-order valence-electron chi connectivity index (χ3n) is 5.50. The molecule has 0 aromatic rings. The van der Waals surface area contributed by atoms with Crippen LogP contribution in [-0.2, 0) is 0 Å². The van der Waals surface area contributed by atoms with Crippen molar-refractivity contribution in [3.63, 3.8) is 0 Å². The monoisotopic (exact) mass is 540 g/mol. The maximum Gasteiger partial charge on any atom is 0.0300 e. The molecule has 0 bridgehead atoms. The van der Waals surface area contributed by atoms with Gasteiger partial charge in [-0.2, -0.15) is 0 Å². The van der Waals surface area contributed by atoms with E-state index in [0.717, 1.165) is 0 Å². The first-order valence-corrected chi connectivity index (χ1v) is 34.6. The Morgan fingerprint density at radius 1 is 0.500 bits per heavy atom. The second-order valence-electron chi connectivity index (χ2n) is 11.8. The molecule has 160 valence electrons. The van der Waals surface area contributed by atoms with Gasteiger partial charge in [0.05, 0.1) is 0 Å². The van der Waals surface area contributed by atoms with Crippen LogP contribution in [0.2, 0.25) is 72.2 Å². The molecular weight excluding hydrogens is 483 g/mol. The van der Waals surface area contributed by atoms with Crippen LogP contribution in [0, 0.1) is 0 Å². The summed E-state index contributed by atoms with van der Waals surface area (Å²) in [5.74, 6) is 0. The van der Waals surface area contributed by atoms with Crippen molar-refractivity contribution in [3.8, 4) is 0 Å². The van der Waals surface area contributed by atoms with Crippen LogP contribution >= 0.6 is 0 Å². The van der Waals surface area contributed by atoms with E-state index in [-0.39, 0.29) is 7.35 Å². The summed E-state index contributed by atoms with van der Waals surface area (Å²) in [5, 5.41) is 0. The molecule has 5 heteroatoms. The third kappa shape index (κ3) is 15.6. The molecule has 0 heterocycles. The number of hydrogen-bond donors (Lipinski definition) is 0. The molecule has 0 spiro atoms. The Bertz CT molecular complexity index is 274. The molecule has 0 rings (SSSR count). The minimum atomic E-state index is -0.967. The maximum absolute atomic E-state index is 2.63. The van der Waals surface area contributed by atoms with Crippen LogP contribution in [0.5, 0.6) is 0 Å². The van der Waals surface area contributed by atoms with Gasteiger partial charge in [0.1, 0.15) is 0 Å². The SMILES string of the molecule is CCC[CH2][SnH]([CH2]CCC)[CH2]CCC.C[Si](C)(C)[SiH]([Si](C)(C)C)[Si](C)(C)C. The zero-order chi connectivity index (χ0) is 21.0. The maximum atomic E-state index is 2.63. The minimum absolute atomic E-state index is 0.382. The molecule has 0 radical (unpaired) electrons. The smallest absolute Gasteiger partial charge is 0.0300 e. The Morgan fingerprint density at radius 3 is 0.846 bits per heavy atom. The molecule has 0 aliphatic rings. The van der Waals surface area contributed by atoms with E-state index in [2.05, 4.69) is 79.7 Å². The van der Waals surface area contributed by atoms with Gasteiger partial charge in [-0.1, -0.05) is 58.9 Å². The average molecular weight is 540 g/mol. The van der Waals surface area contributed by atoms with E-state index in [4.69, 9.17) is 0 Å². The van der Waals surface area contributed by atoms with E-state index in [0.29, 0.717) is 0 Å². The number of unbranched alkanes of at least 4 members (excludes halogenated alkanes) is 3. The summed E-state index contributed by atoms with van der Waals surface area (Å²) in [6, 6.07) is 0. The quantitative estimate of drug-likeness (QED) is 0.220. The van der Waals surface area contributed by atoms with Gasteiger partial charge in [0.25, 0.3) is 0 Å². The zero-order valence-electron chi connectivity index (χ0n) is 21.0. The number of hydrogen-bond acceptors (Lipinski definition) is 0. The number of rotatable bonds is 12. The van der Waals surface area contributed by atoms with E-state index in [1.165, 1.54) is 38.5 Å². The van der Waals surface area contributed by atoms with Crippen LogP contribution in [0.25, 0.3) is 0 Å². The summed E-state index contributed by atoms with van der Waals surface area (Å²) in [7, 11) is -2.77. The summed E-state index contributed by atoms with van der Waals surface area (Å²) in [4.78, 5) is 0. The molecule has 0 nitrogen and oxygen atoms in total. The molecule has 0 fully saturated rings. The topological polar surface area (TPSA) is 0 Å². The average Bonchev–Trinajstić information content (AvgIpc) is 2.42. The van der Waals surface area contributed by atoms with Crippen LogP contribution in [0.15, 0.2) is 0 Å². The Balaban J connectivity index is 0. The van der Waals surface area contributed by atoms with Gasteiger partial charge in [-0.15, -0.1) is 0 Å². The summed E-state index contributed by atoms with van der Waals surface area (Å²) in [6.45, 7) is 30.6. The largest absolute Gasteiger partial charge is 0.0721 e. The van der Waals surface area contributed by atoms with Crippen molar-refractivity contribution >= 4 is 49.9 Å². The molecule has 0 aliphatic heterocycles. The first-order chi connectivity index (χ1) is 11.7. The molecule has 26 heavy (non-hydrogen) atoms. The van der Waals surface area contributed by atoms with Gasteiger partial charge in [0, 0.05) is 30.1 Å². The predicted octanol–water partition coefficient (Wildman–Crippen LogP) is 8.08. The summed E-state index contributed by atoms with van der Waals surface area (Å²) in [6.07, 6.45) is 8.87. The predicted molar refractivity (Wildman–Crippen MR) is 143 cm³/mol. The molecule has 0 N–H and O–H groups in total. The van der Waals surface area contributed by atoms with E-state index >= 15 is 0 Å². The molecule has 0 unspecified atom stereocenters. The normalized spacial score (nSPS) is 13.2. The van der Waals surface area contributed by atoms with Crippen molar-refractivity contribution in [2.75, 3.05) is 0 Å². The Labute approximate surface area is 180 Å². The first-order valence-electron chi connectivity index (χ1n) is 11.7. The molecule has 0 aromatic heterocycles. The van der Waals surface area contributed by atoms with Gasteiger partial charge < -0.3 is 0 Å². The second kappa shape index (κ2) is 14.6. The van der Waals surface area contributed by atoms with E-state index in [1.54, 1.807) is 13.3 Å². The van der Waals surface area contributed by atoms with Gasteiger partial charge in [-0.25, -0.2) is 0 Å². The fraction of sp³-hybridized carbons (Fsp3) is 1.00. The van der Waals surface area contributed by atoms with Crippen LogP contribution in [0.3, 0.4) is 0 Å². The zero-order valence-corrected chi connectivity index (χ0v) is 28.5. The molecule has 0 saturated heterocycles. The standard InChI is InChI=1S/C9H28Si4.3C4H9.Sn.H/c1-11(2,3)10(12(4,5)6)13(7,8)9;3*1-3-4-2;;/h10H,1-9H3;3*1,3-4H2,2H3;;. The van der Waals surface area contributed by atoms with Gasteiger partial charge >= 0.3 is 92.4 Å². The first kappa shape index (κ1) is 29.9. The van der Waals surface area contributed by atoms with Gasteiger partial charge in [0.2, 0.25) is 0 Å². The molecule has 0 atom stereocenters. The van der Waals surface area contributed by atoms with Crippen molar-refractivity contribution < 1.29 is 0 Å². The van der Waals surface area contributed by atoms with Gasteiger partial charge in [-0.3, -0.25) is 0 Å². The van der Waals surface area contributed by atoms with Gasteiger partial charge in [0.15, 0.2) is 0 Å². The van der Waals surface area contributed by atoms with E-state index in [9.17, 15) is 0 Å². The minimum Gasteiger partial charge on any atom is -0.0721 e. The van der Waals surface area contributed by atoms with Crippen molar-refractivity contribution in [2.45, 2.75) is 132 Å². The Kier molecular flexibility index (Phi) is 16.8. The molecule has 0 saturated carbocycles. The molecule has 0 aliphatic carbocycles. The fourth-order valence-electron chi connectivity index (χ4n) is 5.81. The van der Waals surface area contributed by atoms with Crippen molar-refractivity contribution in [3.05, 3.63) is 0 Å². The van der Waals surface area contributed by atoms with Crippen LogP contribution < -0.4 is 0 Å². The van der Waals surface area contributed by atoms with Crippen LogP contribution in [0.4, 0.5) is 0 Å². The fourth-order valence-corrected chi connectivity index (χ4v) is 118. The molecule has 0 amide bonds. The summed E-state index contributed by atoms with van der Waals surface area (Å²) >= 11 is -0.967. The summed E-state index contributed by atoms with van der Waals surface area (Å²) < 4.78 is 5.08. The van der Waals surface area contributed by atoms with Crippen molar-refractivity contribution in [2.24, 2.45) is 0 Å². The van der Waals surface area contributed by atoms with E-state index < -0.39 is 42.5 Å².